The van der Waals surface area contributed by atoms with Crippen LogP contribution in [0.4, 0.5) is 19.0 Å². The first-order valence-corrected chi connectivity index (χ1v) is 6.67. The predicted octanol–water partition coefficient (Wildman–Crippen LogP) is 0.283. The van der Waals surface area contributed by atoms with Crippen LogP contribution in [0, 0.1) is 6.08 Å². The molecule has 8 nitrogen and oxygen atoms in total. The second kappa shape index (κ2) is 5.01. The van der Waals surface area contributed by atoms with Crippen LogP contribution in [-0.4, -0.2) is 61.0 Å². The molecule has 0 aliphatic carbocycles. The number of rotatable bonds is 3. The number of anilines is 1. The summed E-state index contributed by atoms with van der Waals surface area (Å²) in [6, 6.07) is 0. The third-order valence-corrected chi connectivity index (χ3v) is 3.83. The highest BCUT2D eigenvalue weighted by Gasteiger charge is 2.64. The molecular formula is C12H14F3N5O3. The van der Waals surface area contributed by atoms with Gasteiger partial charge >= 0.3 is 6.08 Å². The zero-order valence-electron chi connectivity index (χ0n) is 12.2. The van der Waals surface area contributed by atoms with Gasteiger partial charge in [-0.1, -0.05) is 0 Å². The van der Waals surface area contributed by atoms with Gasteiger partial charge in [0.15, 0.2) is 35.0 Å². The van der Waals surface area contributed by atoms with Crippen LogP contribution in [0.5, 0.6) is 0 Å². The molecule has 0 aromatic carbocycles. The Hall–Kier alpha value is -1.98. The van der Waals surface area contributed by atoms with Gasteiger partial charge in [-0.05, 0) is 6.92 Å². The molecule has 0 saturated carbocycles. The molecule has 0 amide bonds. The van der Waals surface area contributed by atoms with Crippen LogP contribution in [0.3, 0.4) is 0 Å². The summed E-state index contributed by atoms with van der Waals surface area (Å²) in [5, 5.41) is 21.4. The van der Waals surface area contributed by atoms with Crippen molar-refractivity contribution in [2.24, 2.45) is 0 Å². The maximum atomic E-state index is 14.8. The van der Waals surface area contributed by atoms with Gasteiger partial charge in [0, 0.05) is 7.05 Å². The minimum atomic E-state index is -3.00. The van der Waals surface area contributed by atoms with Gasteiger partial charge in [-0.25, -0.2) is 13.8 Å². The number of aliphatic hydroxyl groups is 2. The molecule has 0 bridgehead atoms. The molecule has 1 fully saturated rings. The van der Waals surface area contributed by atoms with Crippen LogP contribution in [0.25, 0.3) is 11.2 Å². The summed E-state index contributed by atoms with van der Waals surface area (Å²) in [5.41, 5.74) is -2.65. The van der Waals surface area contributed by atoms with Crippen molar-refractivity contribution < 1.29 is 28.1 Å². The number of hydrogen-bond donors (Lipinski definition) is 3. The van der Waals surface area contributed by atoms with E-state index in [-0.39, 0.29) is 17.0 Å². The number of fused-ring (bicyclic) bond motifs is 1. The van der Waals surface area contributed by atoms with Crippen molar-refractivity contribution in [1.82, 2.24) is 19.5 Å². The maximum Gasteiger partial charge on any atom is 0.312 e. The van der Waals surface area contributed by atoms with Crippen LogP contribution >= 0.6 is 0 Å². The molecule has 0 spiro atoms. The van der Waals surface area contributed by atoms with Crippen LogP contribution in [0.2, 0.25) is 0 Å². The quantitative estimate of drug-likeness (QED) is 0.693. The predicted molar refractivity (Wildman–Crippen MR) is 71.4 cm³/mol. The summed E-state index contributed by atoms with van der Waals surface area (Å²) in [5.74, 6) is -2.94. The molecule has 11 heteroatoms. The topological polar surface area (TPSA) is 105 Å². The molecule has 1 aliphatic heterocycles. The molecule has 0 radical (unpaired) electrons. The lowest BCUT2D eigenvalue weighted by atomic mass is 9.97. The molecule has 4 atom stereocenters. The lowest BCUT2D eigenvalue weighted by Gasteiger charge is -2.24. The van der Waals surface area contributed by atoms with Gasteiger partial charge in [0.05, 0.1) is 6.33 Å². The van der Waals surface area contributed by atoms with Crippen molar-refractivity contribution in [3.8, 4) is 0 Å². The monoisotopic (exact) mass is 333 g/mol. The van der Waals surface area contributed by atoms with Gasteiger partial charge in [-0.2, -0.15) is 14.4 Å². The van der Waals surface area contributed by atoms with E-state index >= 15 is 0 Å². The van der Waals surface area contributed by atoms with Crippen molar-refractivity contribution >= 4 is 17.0 Å². The Morgan fingerprint density at radius 1 is 1.43 bits per heavy atom. The summed E-state index contributed by atoms with van der Waals surface area (Å²) in [6.07, 6.45) is -3.99. The summed E-state index contributed by atoms with van der Waals surface area (Å²) in [6.45, 7) is -0.344. The summed E-state index contributed by atoms with van der Waals surface area (Å²) in [4.78, 5) is 11.0. The summed E-state index contributed by atoms with van der Waals surface area (Å²) in [7, 11) is 1.48. The molecule has 3 heterocycles. The number of imidazole rings is 1. The normalized spacial score (nSPS) is 34.2. The molecule has 1 saturated heterocycles. The van der Waals surface area contributed by atoms with Crippen LogP contribution in [0.15, 0.2) is 6.33 Å². The highest BCUT2D eigenvalue weighted by atomic mass is 19.2. The van der Waals surface area contributed by atoms with Crippen molar-refractivity contribution in [1.29, 1.82) is 0 Å². The van der Waals surface area contributed by atoms with E-state index in [1.54, 1.807) is 0 Å². The van der Waals surface area contributed by atoms with E-state index < -0.39 is 36.5 Å². The SMILES string of the molecule is CNc1nc(F)nc2c1ncn2[C@@H]1O[C@](F)(CO)[C@@H](O)[C@@]1(C)F. The number of aliphatic hydroxyl groups excluding tert-OH is 2. The van der Waals surface area contributed by atoms with E-state index in [2.05, 4.69) is 20.3 Å². The fraction of sp³-hybridized carbons (Fsp3) is 0.583. The average molecular weight is 333 g/mol. The molecule has 2 aromatic rings. The Bertz CT molecular complexity index is 755. The van der Waals surface area contributed by atoms with Gasteiger partial charge in [0.25, 0.3) is 5.85 Å². The Morgan fingerprint density at radius 3 is 2.70 bits per heavy atom. The van der Waals surface area contributed by atoms with Gasteiger partial charge < -0.3 is 20.3 Å². The fourth-order valence-corrected chi connectivity index (χ4v) is 2.61. The van der Waals surface area contributed by atoms with E-state index in [4.69, 9.17) is 9.84 Å². The molecular weight excluding hydrogens is 319 g/mol. The van der Waals surface area contributed by atoms with E-state index in [9.17, 15) is 18.3 Å². The lowest BCUT2D eigenvalue weighted by Crippen LogP contribution is -2.46. The van der Waals surface area contributed by atoms with Gasteiger partial charge in [0.1, 0.15) is 6.61 Å². The zero-order valence-corrected chi connectivity index (χ0v) is 12.2. The van der Waals surface area contributed by atoms with Crippen molar-refractivity contribution in [2.45, 2.75) is 30.8 Å². The van der Waals surface area contributed by atoms with Crippen molar-refractivity contribution in [3.05, 3.63) is 12.4 Å². The highest BCUT2D eigenvalue weighted by Crippen LogP contribution is 2.48. The van der Waals surface area contributed by atoms with Crippen molar-refractivity contribution in [2.75, 3.05) is 19.0 Å². The number of aromatic nitrogens is 4. The maximum absolute atomic E-state index is 14.8. The van der Waals surface area contributed by atoms with Gasteiger partial charge in [-0.3, -0.25) is 4.57 Å². The Morgan fingerprint density at radius 2 is 2.13 bits per heavy atom. The molecule has 126 valence electrons. The number of nitrogens with zero attached hydrogens (tertiary/aromatic N) is 4. The number of ether oxygens (including phenoxy) is 1. The third kappa shape index (κ3) is 2.15. The number of hydrogen-bond acceptors (Lipinski definition) is 7. The Balaban J connectivity index is 2.16. The van der Waals surface area contributed by atoms with Gasteiger partial charge in [-0.15, -0.1) is 0 Å². The van der Waals surface area contributed by atoms with Crippen LogP contribution in [-0.2, 0) is 4.74 Å². The molecule has 0 unspecified atom stereocenters. The van der Waals surface area contributed by atoms with Gasteiger partial charge in [0.2, 0.25) is 0 Å². The van der Waals surface area contributed by atoms with Crippen molar-refractivity contribution in [3.63, 3.8) is 0 Å². The molecule has 2 aromatic heterocycles. The fourth-order valence-electron chi connectivity index (χ4n) is 2.61. The minimum Gasteiger partial charge on any atom is -0.390 e. The number of halogens is 3. The average Bonchev–Trinajstić information content (AvgIpc) is 3.00. The summed E-state index contributed by atoms with van der Waals surface area (Å²) >= 11 is 0. The number of alkyl halides is 2. The zero-order chi connectivity index (χ0) is 17.0. The Kier molecular flexibility index (Phi) is 3.46. The van der Waals surface area contributed by atoms with E-state index in [0.717, 1.165) is 17.8 Å². The lowest BCUT2D eigenvalue weighted by molar-refractivity contribution is -0.206. The molecule has 1 aliphatic rings. The van der Waals surface area contributed by atoms with E-state index in [1.165, 1.54) is 7.05 Å². The molecule has 3 rings (SSSR count). The largest absolute Gasteiger partial charge is 0.390 e. The van der Waals surface area contributed by atoms with E-state index in [1.807, 2.05) is 0 Å². The first-order valence-electron chi connectivity index (χ1n) is 6.67. The van der Waals surface area contributed by atoms with Crippen LogP contribution < -0.4 is 5.32 Å². The first kappa shape index (κ1) is 15.9. The first-order chi connectivity index (χ1) is 10.7. The second-order valence-electron chi connectivity index (χ2n) is 5.38. The second-order valence-corrected chi connectivity index (χ2v) is 5.38. The number of nitrogens with one attached hydrogen (secondary N) is 1. The minimum absolute atomic E-state index is 0.0547. The third-order valence-electron chi connectivity index (χ3n) is 3.83. The molecule has 23 heavy (non-hydrogen) atoms. The van der Waals surface area contributed by atoms with E-state index in [0.29, 0.717) is 0 Å². The standard InChI is InChI=1S/C12H14F3N5O3/c1-11(14)8(22)12(15,3-21)23-9(11)20-4-17-5-6(16-2)18-10(13)19-7(5)20/h4,8-9,21-22H,3H2,1-2H3,(H,16,18,19)/t8-,9+,11+,12+/m0/s1. The smallest absolute Gasteiger partial charge is 0.312 e. The Labute approximate surface area is 127 Å². The van der Waals surface area contributed by atoms with Crippen LogP contribution in [0.1, 0.15) is 13.2 Å². The highest BCUT2D eigenvalue weighted by molar-refractivity contribution is 5.82. The molecule has 3 N–H and O–H groups in total. The summed E-state index contributed by atoms with van der Waals surface area (Å²) < 4.78 is 48.4.